The summed E-state index contributed by atoms with van der Waals surface area (Å²) in [5, 5.41) is 3.36. The Kier molecular flexibility index (Phi) is 7.36. The van der Waals surface area contributed by atoms with Gasteiger partial charge in [-0.05, 0) is 36.1 Å². The van der Waals surface area contributed by atoms with E-state index in [0.717, 1.165) is 16.9 Å². The number of para-hydroxylation sites is 1. The van der Waals surface area contributed by atoms with Crippen LogP contribution in [0.1, 0.15) is 15.9 Å². The van der Waals surface area contributed by atoms with Gasteiger partial charge in [-0.1, -0.05) is 35.9 Å². The topological polar surface area (TPSA) is 52.7 Å². The van der Waals surface area contributed by atoms with Crippen molar-refractivity contribution in [2.24, 2.45) is 0 Å². The van der Waals surface area contributed by atoms with Crippen LogP contribution in [0.3, 0.4) is 0 Å². The Morgan fingerprint density at radius 2 is 1.82 bits per heavy atom. The van der Waals surface area contributed by atoms with Gasteiger partial charge < -0.3 is 10.2 Å². The zero-order valence-electron chi connectivity index (χ0n) is 15.9. The molecule has 0 unspecified atom stereocenters. The third-order valence-corrected chi connectivity index (χ3v) is 5.61. The lowest BCUT2D eigenvalue weighted by molar-refractivity contribution is -0.117. The Labute approximate surface area is 175 Å². The monoisotopic (exact) mass is 417 g/mol. The minimum Gasteiger partial charge on any atom is -0.336 e. The number of carbonyl (C=O) groups is 2. The van der Waals surface area contributed by atoms with Crippen LogP contribution in [0.25, 0.3) is 0 Å². The van der Waals surface area contributed by atoms with E-state index in [1.807, 2.05) is 41.3 Å². The SMILES string of the molecule is CSCc1cccc(C(=O)N2CCN(CC(=O)Nc3ccccc3Cl)CC2)c1. The highest BCUT2D eigenvalue weighted by Crippen LogP contribution is 2.20. The van der Waals surface area contributed by atoms with Gasteiger partial charge in [0.15, 0.2) is 0 Å². The molecule has 1 N–H and O–H groups in total. The number of anilines is 1. The van der Waals surface area contributed by atoms with Gasteiger partial charge in [-0.15, -0.1) is 0 Å². The summed E-state index contributed by atoms with van der Waals surface area (Å²) in [6.45, 7) is 2.87. The molecular weight excluding hydrogens is 394 g/mol. The maximum absolute atomic E-state index is 12.8. The molecule has 7 heteroatoms. The summed E-state index contributed by atoms with van der Waals surface area (Å²) in [5.74, 6) is 0.857. The van der Waals surface area contributed by atoms with Crippen LogP contribution in [-0.2, 0) is 10.5 Å². The van der Waals surface area contributed by atoms with Gasteiger partial charge in [0, 0.05) is 37.5 Å². The highest BCUT2D eigenvalue weighted by Gasteiger charge is 2.23. The molecule has 0 bridgehead atoms. The lowest BCUT2D eigenvalue weighted by Gasteiger charge is -2.34. The highest BCUT2D eigenvalue weighted by atomic mass is 35.5. The Morgan fingerprint density at radius 1 is 1.07 bits per heavy atom. The maximum Gasteiger partial charge on any atom is 0.253 e. The van der Waals surface area contributed by atoms with Crippen LogP contribution in [0.4, 0.5) is 5.69 Å². The molecule has 28 heavy (non-hydrogen) atoms. The fourth-order valence-corrected chi connectivity index (χ4v) is 3.90. The first-order valence-electron chi connectivity index (χ1n) is 9.20. The van der Waals surface area contributed by atoms with E-state index in [1.165, 1.54) is 0 Å². The van der Waals surface area contributed by atoms with Gasteiger partial charge in [0.25, 0.3) is 5.91 Å². The van der Waals surface area contributed by atoms with Crippen LogP contribution >= 0.6 is 23.4 Å². The lowest BCUT2D eigenvalue weighted by Crippen LogP contribution is -2.50. The van der Waals surface area contributed by atoms with Gasteiger partial charge in [0.2, 0.25) is 5.91 Å². The number of hydrogen-bond acceptors (Lipinski definition) is 4. The fourth-order valence-electron chi connectivity index (χ4n) is 3.21. The molecule has 1 heterocycles. The van der Waals surface area contributed by atoms with E-state index in [4.69, 9.17) is 11.6 Å². The van der Waals surface area contributed by atoms with Gasteiger partial charge in [0.05, 0.1) is 17.3 Å². The number of halogens is 1. The molecule has 0 spiro atoms. The van der Waals surface area contributed by atoms with Gasteiger partial charge >= 0.3 is 0 Å². The van der Waals surface area contributed by atoms with E-state index in [-0.39, 0.29) is 18.4 Å². The largest absolute Gasteiger partial charge is 0.336 e. The van der Waals surface area contributed by atoms with Crippen molar-refractivity contribution in [2.75, 3.05) is 44.3 Å². The molecular formula is C21H24ClN3O2S. The van der Waals surface area contributed by atoms with Gasteiger partial charge in [-0.3, -0.25) is 14.5 Å². The smallest absolute Gasteiger partial charge is 0.253 e. The highest BCUT2D eigenvalue weighted by molar-refractivity contribution is 7.97. The minimum absolute atomic E-state index is 0.0584. The zero-order valence-corrected chi connectivity index (χ0v) is 17.4. The fraction of sp³-hybridized carbons (Fsp3) is 0.333. The van der Waals surface area contributed by atoms with Crippen LogP contribution in [-0.4, -0.2) is 60.6 Å². The molecule has 2 aromatic carbocycles. The quantitative estimate of drug-likeness (QED) is 0.780. The number of nitrogens with zero attached hydrogens (tertiary/aromatic N) is 2. The van der Waals surface area contributed by atoms with E-state index in [0.29, 0.717) is 36.9 Å². The summed E-state index contributed by atoms with van der Waals surface area (Å²) >= 11 is 7.82. The number of hydrogen-bond donors (Lipinski definition) is 1. The molecule has 3 rings (SSSR count). The molecule has 5 nitrogen and oxygen atoms in total. The Morgan fingerprint density at radius 3 is 2.54 bits per heavy atom. The van der Waals surface area contributed by atoms with Crippen molar-refractivity contribution in [2.45, 2.75) is 5.75 Å². The molecule has 1 saturated heterocycles. The molecule has 2 aromatic rings. The second kappa shape index (κ2) is 9.96. The number of nitrogens with one attached hydrogen (secondary N) is 1. The molecule has 0 aliphatic carbocycles. The normalized spacial score (nSPS) is 14.7. The average Bonchev–Trinajstić information content (AvgIpc) is 2.70. The van der Waals surface area contributed by atoms with Gasteiger partial charge in [-0.2, -0.15) is 11.8 Å². The van der Waals surface area contributed by atoms with Crippen molar-refractivity contribution in [3.8, 4) is 0 Å². The Balaban J connectivity index is 1.50. The molecule has 1 aliphatic heterocycles. The second-order valence-electron chi connectivity index (χ2n) is 6.73. The number of benzene rings is 2. The first kappa shape index (κ1) is 20.7. The standard InChI is InChI=1S/C21H24ClN3O2S/c1-28-15-16-5-4-6-17(13-16)21(27)25-11-9-24(10-12-25)14-20(26)23-19-8-3-2-7-18(19)22/h2-8,13H,9-12,14-15H2,1H3,(H,23,26). The predicted molar refractivity (Wildman–Crippen MR) is 116 cm³/mol. The van der Waals surface area contributed by atoms with Crippen molar-refractivity contribution in [3.05, 3.63) is 64.7 Å². The summed E-state index contributed by atoms with van der Waals surface area (Å²) < 4.78 is 0. The van der Waals surface area contributed by atoms with Crippen molar-refractivity contribution in [1.29, 1.82) is 0 Å². The second-order valence-corrected chi connectivity index (χ2v) is 8.00. The summed E-state index contributed by atoms with van der Waals surface area (Å²) in [6.07, 6.45) is 2.05. The van der Waals surface area contributed by atoms with Crippen LogP contribution < -0.4 is 5.32 Å². The average molecular weight is 418 g/mol. The Bertz CT molecular complexity index is 838. The van der Waals surface area contributed by atoms with E-state index in [2.05, 4.69) is 16.5 Å². The summed E-state index contributed by atoms with van der Waals surface area (Å²) in [5.41, 5.74) is 2.51. The molecule has 1 aliphatic rings. The number of piperazine rings is 1. The Hall–Kier alpha value is -2.02. The number of thioether (sulfide) groups is 1. The number of rotatable bonds is 6. The number of carbonyl (C=O) groups excluding carboxylic acids is 2. The third-order valence-electron chi connectivity index (χ3n) is 4.66. The summed E-state index contributed by atoms with van der Waals surface area (Å²) in [7, 11) is 0. The first-order valence-corrected chi connectivity index (χ1v) is 11.0. The number of amides is 2. The molecule has 0 aromatic heterocycles. The lowest BCUT2D eigenvalue weighted by atomic mass is 10.1. The van der Waals surface area contributed by atoms with E-state index in [9.17, 15) is 9.59 Å². The van der Waals surface area contributed by atoms with Gasteiger partial charge in [0.1, 0.15) is 0 Å². The van der Waals surface area contributed by atoms with Crippen molar-refractivity contribution < 1.29 is 9.59 Å². The van der Waals surface area contributed by atoms with Crippen LogP contribution in [0.5, 0.6) is 0 Å². The van der Waals surface area contributed by atoms with Crippen molar-refractivity contribution >= 4 is 40.9 Å². The molecule has 148 valence electrons. The molecule has 0 atom stereocenters. The predicted octanol–water partition coefficient (Wildman–Crippen LogP) is 3.60. The van der Waals surface area contributed by atoms with E-state index >= 15 is 0 Å². The first-order chi connectivity index (χ1) is 13.6. The van der Waals surface area contributed by atoms with Gasteiger partial charge in [-0.25, -0.2) is 0 Å². The van der Waals surface area contributed by atoms with Crippen LogP contribution in [0.15, 0.2) is 48.5 Å². The molecule has 2 amide bonds. The third kappa shape index (κ3) is 5.50. The minimum atomic E-state index is -0.0994. The molecule has 0 saturated carbocycles. The van der Waals surface area contributed by atoms with Crippen molar-refractivity contribution in [1.82, 2.24) is 9.80 Å². The van der Waals surface area contributed by atoms with E-state index in [1.54, 1.807) is 23.9 Å². The van der Waals surface area contributed by atoms with Crippen LogP contribution in [0.2, 0.25) is 5.02 Å². The molecule has 1 fully saturated rings. The summed E-state index contributed by atoms with van der Waals surface area (Å²) in [6, 6.07) is 15.0. The zero-order chi connectivity index (χ0) is 19.9. The van der Waals surface area contributed by atoms with Crippen molar-refractivity contribution in [3.63, 3.8) is 0 Å². The molecule has 0 radical (unpaired) electrons. The van der Waals surface area contributed by atoms with Crippen LogP contribution in [0, 0.1) is 0 Å². The maximum atomic E-state index is 12.8. The summed E-state index contributed by atoms with van der Waals surface area (Å²) in [4.78, 5) is 29.0. The van der Waals surface area contributed by atoms with E-state index < -0.39 is 0 Å².